The minimum absolute atomic E-state index is 0. The van der Waals surface area contributed by atoms with Crippen molar-refractivity contribution < 1.29 is 9.18 Å². The molecule has 2 N–H and O–H groups in total. The van der Waals surface area contributed by atoms with Crippen molar-refractivity contribution in [3.8, 4) is 0 Å². The summed E-state index contributed by atoms with van der Waals surface area (Å²) < 4.78 is 12.5. The molecule has 0 fully saturated rings. The Morgan fingerprint density at radius 1 is 1.50 bits per heavy atom. The van der Waals surface area contributed by atoms with Crippen LogP contribution >= 0.6 is 24.0 Å². The zero-order valence-corrected chi connectivity index (χ0v) is 7.45. The van der Waals surface area contributed by atoms with E-state index < -0.39 is 11.7 Å². The molecule has 0 bridgehead atoms. The Morgan fingerprint density at radius 2 is 2.08 bits per heavy atom. The van der Waals surface area contributed by atoms with Crippen LogP contribution in [-0.4, -0.2) is 5.91 Å². The van der Waals surface area contributed by atoms with Gasteiger partial charge < -0.3 is 5.73 Å². The van der Waals surface area contributed by atoms with Crippen molar-refractivity contribution in [1.82, 2.24) is 0 Å². The van der Waals surface area contributed by atoms with E-state index in [0.29, 0.717) is 0 Å². The summed E-state index contributed by atoms with van der Waals surface area (Å²) in [5, 5.41) is -0.0960. The van der Waals surface area contributed by atoms with Crippen LogP contribution in [0.5, 0.6) is 0 Å². The van der Waals surface area contributed by atoms with Crippen molar-refractivity contribution >= 4 is 29.9 Å². The number of primary amides is 1. The van der Waals surface area contributed by atoms with Gasteiger partial charge in [0.25, 0.3) is 0 Å². The molecule has 0 aliphatic carbocycles. The van der Waals surface area contributed by atoms with Crippen molar-refractivity contribution in [3.63, 3.8) is 0 Å². The molecule has 0 radical (unpaired) electrons. The third-order valence-electron chi connectivity index (χ3n) is 1.20. The van der Waals surface area contributed by atoms with Gasteiger partial charge in [-0.05, 0) is 18.2 Å². The number of rotatable bonds is 1. The maximum atomic E-state index is 12.5. The summed E-state index contributed by atoms with van der Waals surface area (Å²) in [7, 11) is 0. The molecule has 0 unspecified atom stereocenters. The molecular weight excluding hydrogens is 204 g/mol. The van der Waals surface area contributed by atoms with E-state index >= 15 is 0 Å². The van der Waals surface area contributed by atoms with Gasteiger partial charge in [0.2, 0.25) is 5.91 Å². The van der Waals surface area contributed by atoms with Crippen LogP contribution in [0.15, 0.2) is 18.2 Å². The highest BCUT2D eigenvalue weighted by molar-refractivity contribution is 6.31. The fourth-order valence-corrected chi connectivity index (χ4v) is 0.830. The van der Waals surface area contributed by atoms with Gasteiger partial charge in [0.05, 0.1) is 5.02 Å². The highest BCUT2D eigenvalue weighted by atomic mass is 35.5. The molecule has 0 aromatic heterocycles. The normalized spacial score (nSPS) is 8.83. The standard InChI is InChI=1S/C7H5ClFNO.ClH/c8-5-3-4(7(10)11)1-2-6(5)9;/h1-3H,(H2,10,11);1H. The van der Waals surface area contributed by atoms with Crippen LogP contribution in [0.1, 0.15) is 10.4 Å². The minimum Gasteiger partial charge on any atom is -0.366 e. The van der Waals surface area contributed by atoms with Crippen LogP contribution < -0.4 is 5.73 Å². The number of halogens is 3. The van der Waals surface area contributed by atoms with Gasteiger partial charge in [0.1, 0.15) is 5.82 Å². The molecule has 1 aromatic carbocycles. The van der Waals surface area contributed by atoms with Gasteiger partial charge in [-0.3, -0.25) is 4.79 Å². The summed E-state index contributed by atoms with van der Waals surface area (Å²) in [6.45, 7) is 0. The number of carbonyl (C=O) groups excluding carboxylic acids is 1. The molecule has 0 saturated heterocycles. The van der Waals surface area contributed by atoms with Crippen LogP contribution in [0, 0.1) is 5.82 Å². The quantitative estimate of drug-likeness (QED) is 0.756. The lowest BCUT2D eigenvalue weighted by molar-refractivity contribution is 0.100. The van der Waals surface area contributed by atoms with E-state index in [2.05, 4.69) is 0 Å². The molecule has 2 nitrogen and oxygen atoms in total. The van der Waals surface area contributed by atoms with E-state index in [0.717, 1.165) is 6.07 Å². The summed E-state index contributed by atoms with van der Waals surface area (Å²) in [5.41, 5.74) is 5.12. The zero-order chi connectivity index (χ0) is 8.43. The first kappa shape index (κ1) is 11.2. The average Bonchev–Trinajstić information content (AvgIpc) is 1.94. The maximum Gasteiger partial charge on any atom is 0.248 e. The van der Waals surface area contributed by atoms with E-state index in [1.54, 1.807) is 0 Å². The molecule has 66 valence electrons. The maximum absolute atomic E-state index is 12.5. The smallest absolute Gasteiger partial charge is 0.248 e. The molecule has 1 rings (SSSR count). The second-order valence-electron chi connectivity index (χ2n) is 1.99. The average molecular weight is 210 g/mol. The molecule has 5 heteroatoms. The third-order valence-corrected chi connectivity index (χ3v) is 1.49. The van der Waals surface area contributed by atoms with Gasteiger partial charge in [-0.1, -0.05) is 11.6 Å². The summed E-state index contributed by atoms with van der Waals surface area (Å²) in [6.07, 6.45) is 0. The second-order valence-corrected chi connectivity index (χ2v) is 2.40. The Kier molecular flexibility index (Phi) is 4.00. The molecule has 0 saturated carbocycles. The summed E-state index contributed by atoms with van der Waals surface area (Å²) in [6, 6.07) is 3.57. The Balaban J connectivity index is 0.00000121. The summed E-state index contributed by atoms with van der Waals surface area (Å²) in [4.78, 5) is 10.5. The molecule has 12 heavy (non-hydrogen) atoms. The molecule has 0 aliphatic heterocycles. The van der Waals surface area contributed by atoms with Crippen LogP contribution in [-0.2, 0) is 0 Å². The van der Waals surface area contributed by atoms with Crippen molar-refractivity contribution in [2.75, 3.05) is 0 Å². The monoisotopic (exact) mass is 209 g/mol. The van der Waals surface area contributed by atoms with Crippen LogP contribution in [0.25, 0.3) is 0 Å². The Hall–Kier alpha value is -0.800. The lowest BCUT2D eigenvalue weighted by Gasteiger charge is -1.96. The van der Waals surface area contributed by atoms with Crippen LogP contribution in [0.3, 0.4) is 0 Å². The fourth-order valence-electron chi connectivity index (χ4n) is 0.649. The van der Waals surface area contributed by atoms with Crippen LogP contribution in [0.4, 0.5) is 4.39 Å². The SMILES string of the molecule is Cl.NC(=O)c1ccc(F)c(Cl)c1. The molecule has 1 aromatic rings. The Labute approximate surface area is 79.9 Å². The van der Waals surface area contributed by atoms with Gasteiger partial charge in [0, 0.05) is 5.56 Å². The predicted molar refractivity (Wildman–Crippen MR) is 47.2 cm³/mol. The Bertz CT molecular complexity index is 303. The molecule has 0 spiro atoms. The number of hydrogen-bond donors (Lipinski definition) is 1. The summed E-state index contributed by atoms with van der Waals surface area (Å²) >= 11 is 5.38. The zero-order valence-electron chi connectivity index (χ0n) is 5.88. The van der Waals surface area contributed by atoms with E-state index in [1.807, 2.05) is 0 Å². The van der Waals surface area contributed by atoms with Gasteiger partial charge >= 0.3 is 0 Å². The molecule has 0 aliphatic rings. The van der Waals surface area contributed by atoms with Crippen LogP contribution in [0.2, 0.25) is 5.02 Å². The number of hydrogen-bond acceptors (Lipinski definition) is 1. The van der Waals surface area contributed by atoms with Gasteiger partial charge in [0.15, 0.2) is 0 Å². The highest BCUT2D eigenvalue weighted by Crippen LogP contribution is 2.15. The number of benzene rings is 1. The number of carbonyl (C=O) groups is 1. The van der Waals surface area contributed by atoms with Crippen molar-refractivity contribution in [2.24, 2.45) is 5.73 Å². The molecule has 0 heterocycles. The lowest BCUT2D eigenvalue weighted by Crippen LogP contribution is -2.10. The largest absolute Gasteiger partial charge is 0.366 e. The third kappa shape index (κ3) is 2.36. The first-order valence-electron chi connectivity index (χ1n) is 2.86. The number of amides is 1. The first-order valence-corrected chi connectivity index (χ1v) is 3.24. The van der Waals surface area contributed by atoms with Gasteiger partial charge in [-0.2, -0.15) is 0 Å². The van der Waals surface area contributed by atoms with E-state index in [4.69, 9.17) is 17.3 Å². The van der Waals surface area contributed by atoms with E-state index in [1.165, 1.54) is 12.1 Å². The minimum atomic E-state index is -0.619. The van der Waals surface area contributed by atoms with Gasteiger partial charge in [-0.15, -0.1) is 12.4 Å². The lowest BCUT2D eigenvalue weighted by atomic mass is 10.2. The fraction of sp³-hybridized carbons (Fsp3) is 0. The number of nitrogens with two attached hydrogens (primary N) is 1. The van der Waals surface area contributed by atoms with Gasteiger partial charge in [-0.25, -0.2) is 4.39 Å². The van der Waals surface area contributed by atoms with E-state index in [-0.39, 0.29) is 23.0 Å². The molecule has 1 amide bonds. The predicted octanol–water partition coefficient (Wildman–Crippen LogP) is 2.00. The first-order chi connectivity index (χ1) is 5.11. The Morgan fingerprint density at radius 3 is 2.50 bits per heavy atom. The second kappa shape index (κ2) is 4.28. The van der Waals surface area contributed by atoms with Crippen molar-refractivity contribution in [2.45, 2.75) is 0 Å². The van der Waals surface area contributed by atoms with E-state index in [9.17, 15) is 9.18 Å². The molecule has 0 atom stereocenters. The summed E-state index contributed by atoms with van der Waals surface area (Å²) in [5.74, 6) is -1.18. The highest BCUT2D eigenvalue weighted by Gasteiger charge is 2.03. The topological polar surface area (TPSA) is 43.1 Å². The van der Waals surface area contributed by atoms with Crippen molar-refractivity contribution in [1.29, 1.82) is 0 Å². The molecular formula is C7H6Cl2FNO. The van der Waals surface area contributed by atoms with Crippen molar-refractivity contribution in [3.05, 3.63) is 34.6 Å².